The van der Waals surface area contributed by atoms with Gasteiger partial charge in [-0.3, -0.25) is 9.59 Å². The Balaban J connectivity index is 1.74. The average molecular weight is 315 g/mol. The molecule has 0 aromatic heterocycles. The molecule has 3 rings (SSSR count). The molecule has 1 unspecified atom stereocenters. The number of hydrogen-bond acceptors (Lipinski definition) is 2. The van der Waals surface area contributed by atoms with Gasteiger partial charge in [0.25, 0.3) is 0 Å². The van der Waals surface area contributed by atoms with Crippen LogP contribution in [0.3, 0.4) is 0 Å². The Morgan fingerprint density at radius 3 is 2.35 bits per heavy atom. The normalized spacial score (nSPS) is 29.7. The van der Waals surface area contributed by atoms with Crippen LogP contribution >= 0.6 is 0 Å². The molecule has 1 aromatic rings. The van der Waals surface area contributed by atoms with Crippen molar-refractivity contribution >= 4 is 11.9 Å². The molecule has 1 heterocycles. The van der Waals surface area contributed by atoms with E-state index in [0.29, 0.717) is 25.2 Å². The van der Waals surface area contributed by atoms with Gasteiger partial charge in [-0.05, 0) is 45.1 Å². The van der Waals surface area contributed by atoms with E-state index in [1.807, 2.05) is 23.1 Å². The molecule has 0 bridgehead atoms. The Morgan fingerprint density at radius 1 is 1.09 bits per heavy atom. The number of carboxylic acids is 1. The van der Waals surface area contributed by atoms with E-state index in [9.17, 15) is 9.59 Å². The van der Waals surface area contributed by atoms with E-state index in [4.69, 9.17) is 5.11 Å². The highest BCUT2D eigenvalue weighted by Crippen LogP contribution is 2.44. The summed E-state index contributed by atoms with van der Waals surface area (Å²) in [5, 5.41) is 9.15. The van der Waals surface area contributed by atoms with Gasteiger partial charge in [0.1, 0.15) is 0 Å². The van der Waals surface area contributed by atoms with Crippen molar-refractivity contribution in [1.29, 1.82) is 0 Å². The van der Waals surface area contributed by atoms with Crippen molar-refractivity contribution in [2.75, 3.05) is 6.54 Å². The Morgan fingerprint density at radius 2 is 1.74 bits per heavy atom. The number of rotatable bonds is 3. The molecule has 0 radical (unpaired) electrons. The maximum absolute atomic E-state index is 12.9. The fourth-order valence-corrected chi connectivity index (χ4v) is 4.39. The van der Waals surface area contributed by atoms with Crippen molar-refractivity contribution < 1.29 is 14.7 Å². The lowest BCUT2D eigenvalue weighted by molar-refractivity contribution is -0.142. The molecule has 23 heavy (non-hydrogen) atoms. The molecule has 1 aromatic carbocycles. The summed E-state index contributed by atoms with van der Waals surface area (Å²) < 4.78 is 0. The van der Waals surface area contributed by atoms with E-state index in [0.717, 1.165) is 13.0 Å². The van der Waals surface area contributed by atoms with Crippen LogP contribution < -0.4 is 0 Å². The average Bonchev–Trinajstić information content (AvgIpc) is 3.12. The number of nitrogens with zero attached hydrogens (tertiary/aromatic N) is 1. The molecular weight excluding hydrogens is 290 g/mol. The summed E-state index contributed by atoms with van der Waals surface area (Å²) in [7, 11) is 0. The summed E-state index contributed by atoms with van der Waals surface area (Å²) in [6, 6.07) is 10.4. The second-order valence-electron chi connectivity index (χ2n) is 7.44. The Hall–Kier alpha value is -1.84. The second-order valence-corrected chi connectivity index (χ2v) is 7.44. The predicted octanol–water partition coefficient (Wildman–Crippen LogP) is 3.28. The zero-order valence-electron chi connectivity index (χ0n) is 13.9. The first-order valence-corrected chi connectivity index (χ1v) is 8.50. The van der Waals surface area contributed by atoms with Crippen LogP contribution in [0.25, 0.3) is 0 Å². The topological polar surface area (TPSA) is 57.6 Å². The van der Waals surface area contributed by atoms with Crippen LogP contribution in [0, 0.1) is 11.8 Å². The number of amides is 1. The van der Waals surface area contributed by atoms with E-state index >= 15 is 0 Å². The highest BCUT2D eigenvalue weighted by molar-refractivity contribution is 5.82. The summed E-state index contributed by atoms with van der Waals surface area (Å²) in [4.78, 5) is 26.1. The second kappa shape index (κ2) is 5.99. The van der Waals surface area contributed by atoms with Crippen LogP contribution in [-0.2, 0) is 9.59 Å². The molecule has 1 N–H and O–H groups in total. The SMILES string of the molecule is CC1(C)C(c2ccccc2)CCN1C(=O)[C@@H]1CC[C@H](C(=O)O)C1. The Bertz CT molecular complexity index is 596. The number of carbonyl (C=O) groups is 2. The van der Waals surface area contributed by atoms with Gasteiger partial charge in [0.2, 0.25) is 5.91 Å². The molecule has 124 valence electrons. The molecule has 1 saturated heterocycles. The lowest BCUT2D eigenvalue weighted by atomic mass is 9.82. The van der Waals surface area contributed by atoms with Crippen molar-refractivity contribution in [1.82, 2.24) is 4.90 Å². The third-order valence-electron chi connectivity index (χ3n) is 5.79. The molecule has 1 saturated carbocycles. The first-order valence-electron chi connectivity index (χ1n) is 8.50. The minimum Gasteiger partial charge on any atom is -0.481 e. The van der Waals surface area contributed by atoms with Gasteiger partial charge in [-0.2, -0.15) is 0 Å². The molecule has 3 atom stereocenters. The number of benzene rings is 1. The number of aliphatic carboxylic acids is 1. The summed E-state index contributed by atoms with van der Waals surface area (Å²) in [5.74, 6) is -0.742. The molecule has 2 fully saturated rings. The zero-order valence-corrected chi connectivity index (χ0v) is 13.9. The van der Waals surface area contributed by atoms with Crippen LogP contribution in [0.4, 0.5) is 0 Å². The minimum atomic E-state index is -0.761. The lowest BCUT2D eigenvalue weighted by Gasteiger charge is -2.37. The van der Waals surface area contributed by atoms with E-state index in [1.165, 1.54) is 5.56 Å². The molecule has 1 aliphatic heterocycles. The first-order chi connectivity index (χ1) is 10.9. The summed E-state index contributed by atoms with van der Waals surface area (Å²) >= 11 is 0. The molecular formula is C19H25NO3. The van der Waals surface area contributed by atoms with Crippen molar-refractivity contribution in [2.45, 2.75) is 51.0 Å². The van der Waals surface area contributed by atoms with Crippen LogP contribution in [-0.4, -0.2) is 34.0 Å². The smallest absolute Gasteiger partial charge is 0.306 e. The standard InChI is InChI=1S/C19H25NO3/c1-19(2)16(13-6-4-3-5-7-13)10-11-20(19)17(21)14-8-9-15(12-14)18(22)23/h3-7,14-16H,8-12H2,1-2H3,(H,22,23)/t14-,15+,16?/m1/s1. The number of carbonyl (C=O) groups excluding carboxylic acids is 1. The Labute approximate surface area is 137 Å². The fourth-order valence-electron chi connectivity index (χ4n) is 4.39. The molecule has 4 heteroatoms. The van der Waals surface area contributed by atoms with Crippen molar-refractivity contribution in [3.63, 3.8) is 0 Å². The zero-order chi connectivity index (χ0) is 16.6. The van der Waals surface area contributed by atoms with Gasteiger partial charge in [-0.15, -0.1) is 0 Å². The summed E-state index contributed by atoms with van der Waals surface area (Å²) in [5.41, 5.74) is 1.06. The fraction of sp³-hybridized carbons (Fsp3) is 0.579. The number of carboxylic acid groups (broad SMARTS) is 1. The van der Waals surface area contributed by atoms with Crippen LogP contribution in [0.2, 0.25) is 0 Å². The van der Waals surface area contributed by atoms with Crippen molar-refractivity contribution in [3.05, 3.63) is 35.9 Å². The summed E-state index contributed by atoms with van der Waals surface area (Å²) in [6.07, 6.45) is 2.80. The van der Waals surface area contributed by atoms with Crippen LogP contribution in [0.5, 0.6) is 0 Å². The van der Waals surface area contributed by atoms with E-state index < -0.39 is 5.97 Å². The highest BCUT2D eigenvalue weighted by atomic mass is 16.4. The van der Waals surface area contributed by atoms with E-state index in [1.54, 1.807) is 0 Å². The minimum absolute atomic E-state index is 0.120. The van der Waals surface area contributed by atoms with Crippen LogP contribution in [0.15, 0.2) is 30.3 Å². The molecule has 0 spiro atoms. The maximum atomic E-state index is 12.9. The van der Waals surface area contributed by atoms with Crippen molar-refractivity contribution in [3.8, 4) is 0 Å². The molecule has 4 nitrogen and oxygen atoms in total. The first kappa shape index (κ1) is 16.0. The summed E-state index contributed by atoms with van der Waals surface area (Å²) in [6.45, 7) is 5.04. The van der Waals surface area contributed by atoms with Gasteiger partial charge < -0.3 is 10.0 Å². The molecule has 1 amide bonds. The quantitative estimate of drug-likeness (QED) is 0.931. The number of hydrogen-bond donors (Lipinski definition) is 1. The van der Waals surface area contributed by atoms with Crippen molar-refractivity contribution in [2.24, 2.45) is 11.8 Å². The molecule has 2 aliphatic rings. The largest absolute Gasteiger partial charge is 0.481 e. The monoisotopic (exact) mass is 315 g/mol. The predicted molar refractivity (Wildman–Crippen MR) is 88.1 cm³/mol. The van der Waals surface area contributed by atoms with E-state index in [2.05, 4.69) is 26.0 Å². The van der Waals surface area contributed by atoms with E-state index in [-0.39, 0.29) is 23.3 Å². The number of likely N-dealkylation sites (tertiary alicyclic amines) is 1. The van der Waals surface area contributed by atoms with Gasteiger partial charge >= 0.3 is 5.97 Å². The highest BCUT2D eigenvalue weighted by Gasteiger charge is 2.47. The lowest BCUT2D eigenvalue weighted by Crippen LogP contribution is -2.47. The van der Waals surface area contributed by atoms with Gasteiger partial charge in [0, 0.05) is 23.9 Å². The maximum Gasteiger partial charge on any atom is 0.306 e. The third kappa shape index (κ3) is 2.87. The van der Waals surface area contributed by atoms with Crippen LogP contribution in [0.1, 0.15) is 51.0 Å². The Kier molecular flexibility index (Phi) is 4.17. The third-order valence-corrected chi connectivity index (χ3v) is 5.79. The molecule has 1 aliphatic carbocycles. The van der Waals surface area contributed by atoms with Gasteiger partial charge in [0.05, 0.1) is 5.92 Å². The van der Waals surface area contributed by atoms with Gasteiger partial charge in [-0.1, -0.05) is 30.3 Å². The van der Waals surface area contributed by atoms with Gasteiger partial charge in [-0.25, -0.2) is 0 Å². The van der Waals surface area contributed by atoms with Gasteiger partial charge in [0.15, 0.2) is 0 Å².